The number of esters is 3. The van der Waals surface area contributed by atoms with Gasteiger partial charge in [-0.3, -0.25) is 14.4 Å². The van der Waals surface area contributed by atoms with Crippen LogP contribution in [0.2, 0.25) is 0 Å². The number of carbonyl (C=O) groups excluding carboxylic acids is 3. The molecule has 0 amide bonds. The van der Waals surface area contributed by atoms with Crippen molar-refractivity contribution in [2.45, 2.75) is 463 Å². The van der Waals surface area contributed by atoms with Crippen molar-refractivity contribution in [1.82, 2.24) is 0 Å². The lowest BCUT2D eigenvalue weighted by molar-refractivity contribution is -0.167. The van der Waals surface area contributed by atoms with Gasteiger partial charge < -0.3 is 14.2 Å². The zero-order chi connectivity index (χ0) is 59.9. The van der Waals surface area contributed by atoms with Gasteiger partial charge in [-0.05, 0) is 19.3 Å². The van der Waals surface area contributed by atoms with E-state index in [-0.39, 0.29) is 31.1 Å². The van der Waals surface area contributed by atoms with Gasteiger partial charge in [-0.15, -0.1) is 0 Å². The zero-order valence-corrected chi connectivity index (χ0v) is 57.0. The maximum absolute atomic E-state index is 13.0. The molecule has 0 fully saturated rings. The van der Waals surface area contributed by atoms with Crippen LogP contribution in [0.1, 0.15) is 457 Å². The minimum absolute atomic E-state index is 0.0603. The van der Waals surface area contributed by atoms with Crippen molar-refractivity contribution >= 4 is 17.9 Å². The van der Waals surface area contributed by atoms with Gasteiger partial charge in [0.05, 0.1) is 0 Å². The lowest BCUT2D eigenvalue weighted by Crippen LogP contribution is -2.30. The van der Waals surface area contributed by atoms with Crippen molar-refractivity contribution in [3.05, 3.63) is 0 Å². The summed E-state index contributed by atoms with van der Waals surface area (Å²) in [5.74, 6) is -0.821. The summed E-state index contributed by atoms with van der Waals surface area (Å²) in [5, 5.41) is 0. The van der Waals surface area contributed by atoms with Gasteiger partial charge in [-0.1, -0.05) is 419 Å². The molecule has 6 nitrogen and oxygen atoms in total. The Labute approximate surface area is 520 Å². The number of hydrogen-bond acceptors (Lipinski definition) is 6. The van der Waals surface area contributed by atoms with E-state index < -0.39 is 6.10 Å². The Morgan fingerprint density at radius 3 is 0.482 bits per heavy atom. The van der Waals surface area contributed by atoms with E-state index in [9.17, 15) is 14.4 Å². The molecule has 0 aromatic heterocycles. The fourth-order valence-electron chi connectivity index (χ4n) is 12.3. The maximum Gasteiger partial charge on any atom is 0.306 e. The molecule has 0 saturated heterocycles. The van der Waals surface area contributed by atoms with Crippen molar-refractivity contribution in [3.63, 3.8) is 0 Å². The topological polar surface area (TPSA) is 78.9 Å². The number of unbranched alkanes of at least 4 members (excludes halogenated alkanes) is 62. The molecule has 0 aromatic carbocycles. The largest absolute Gasteiger partial charge is 0.462 e. The summed E-state index contributed by atoms with van der Waals surface area (Å²) in [6.07, 6.45) is 87.5. The molecule has 0 spiro atoms. The van der Waals surface area contributed by atoms with Crippen LogP contribution in [0, 0.1) is 0 Å². The molecule has 0 aromatic rings. The van der Waals surface area contributed by atoms with Gasteiger partial charge in [0.1, 0.15) is 13.2 Å². The van der Waals surface area contributed by atoms with Gasteiger partial charge >= 0.3 is 17.9 Å². The Morgan fingerprint density at radius 1 is 0.193 bits per heavy atom. The highest BCUT2D eigenvalue weighted by atomic mass is 16.6. The first-order chi connectivity index (χ1) is 41.0. The van der Waals surface area contributed by atoms with Gasteiger partial charge in [-0.25, -0.2) is 0 Å². The molecule has 0 heterocycles. The minimum Gasteiger partial charge on any atom is -0.462 e. The van der Waals surface area contributed by atoms with Gasteiger partial charge in [0, 0.05) is 19.3 Å². The first-order valence-corrected chi connectivity index (χ1v) is 38.5. The molecule has 494 valence electrons. The Hall–Kier alpha value is -1.59. The van der Waals surface area contributed by atoms with E-state index >= 15 is 0 Å². The van der Waals surface area contributed by atoms with E-state index in [1.165, 1.54) is 360 Å². The second-order valence-corrected chi connectivity index (χ2v) is 26.6. The summed E-state index contributed by atoms with van der Waals surface area (Å²) in [7, 11) is 0. The predicted octanol–water partition coefficient (Wildman–Crippen LogP) is 26.6. The van der Waals surface area contributed by atoms with Crippen LogP contribution in [0.5, 0.6) is 0 Å². The first-order valence-electron chi connectivity index (χ1n) is 38.5. The lowest BCUT2D eigenvalue weighted by atomic mass is 10.0. The van der Waals surface area contributed by atoms with Crippen molar-refractivity contribution in [2.24, 2.45) is 0 Å². The van der Waals surface area contributed by atoms with Crippen molar-refractivity contribution in [2.75, 3.05) is 13.2 Å². The maximum atomic E-state index is 13.0. The van der Waals surface area contributed by atoms with Gasteiger partial charge in [0.25, 0.3) is 0 Å². The van der Waals surface area contributed by atoms with Crippen LogP contribution in [0.4, 0.5) is 0 Å². The quantitative estimate of drug-likeness (QED) is 0.0343. The summed E-state index contributed by atoms with van der Waals surface area (Å²) in [5.41, 5.74) is 0. The van der Waals surface area contributed by atoms with Crippen LogP contribution in [0.25, 0.3) is 0 Å². The summed E-state index contributed by atoms with van der Waals surface area (Å²) >= 11 is 0. The molecule has 1 atom stereocenters. The van der Waals surface area contributed by atoms with Crippen LogP contribution in [0.3, 0.4) is 0 Å². The Bertz CT molecular complexity index is 1250. The molecule has 6 heteroatoms. The van der Waals surface area contributed by atoms with Gasteiger partial charge in [0.15, 0.2) is 6.10 Å². The van der Waals surface area contributed by atoms with Crippen molar-refractivity contribution in [1.29, 1.82) is 0 Å². The van der Waals surface area contributed by atoms with Gasteiger partial charge in [0.2, 0.25) is 0 Å². The highest BCUT2D eigenvalue weighted by Crippen LogP contribution is 2.20. The van der Waals surface area contributed by atoms with Crippen LogP contribution < -0.4 is 0 Å². The average Bonchev–Trinajstić information content (AvgIpc) is 3.49. The molecular weight excluding hydrogens is 1020 g/mol. The zero-order valence-electron chi connectivity index (χ0n) is 57.0. The summed E-state index contributed by atoms with van der Waals surface area (Å²) in [4.78, 5) is 38.4. The Balaban J connectivity index is 4.05. The van der Waals surface area contributed by atoms with E-state index in [0.717, 1.165) is 57.8 Å². The predicted molar refractivity (Wildman–Crippen MR) is 363 cm³/mol. The summed E-state index contributed by atoms with van der Waals surface area (Å²) in [6.45, 7) is 6.74. The number of hydrogen-bond donors (Lipinski definition) is 0. The molecule has 1 unspecified atom stereocenters. The second kappa shape index (κ2) is 72.9. The number of carbonyl (C=O) groups is 3. The third kappa shape index (κ3) is 71.1. The minimum atomic E-state index is -0.763. The third-order valence-corrected chi connectivity index (χ3v) is 18.1. The average molecular weight is 1170 g/mol. The fraction of sp³-hybridized carbons (Fsp3) is 0.961. The van der Waals surface area contributed by atoms with E-state index in [2.05, 4.69) is 20.8 Å². The fourth-order valence-corrected chi connectivity index (χ4v) is 12.3. The molecule has 0 saturated carbocycles. The van der Waals surface area contributed by atoms with E-state index in [1.54, 1.807) is 0 Å². The molecule has 0 radical (unpaired) electrons. The smallest absolute Gasteiger partial charge is 0.306 e. The Kier molecular flexibility index (Phi) is 71.5. The van der Waals surface area contributed by atoms with E-state index in [0.29, 0.717) is 19.3 Å². The van der Waals surface area contributed by atoms with Crippen LogP contribution in [-0.2, 0) is 28.6 Å². The SMILES string of the molecule is CCCCCCCCCCCCCCCCCCCCCCCCCCCCCCCC(=O)OCC(COC(=O)CCCCCCCCCCCC)OC(=O)CCCCCCCCCCCCCCCCCCCCCCCCCCCC. The monoisotopic (exact) mass is 1170 g/mol. The third-order valence-electron chi connectivity index (χ3n) is 18.1. The van der Waals surface area contributed by atoms with Gasteiger partial charge in [-0.2, -0.15) is 0 Å². The summed E-state index contributed by atoms with van der Waals surface area (Å²) in [6, 6.07) is 0. The molecule has 0 rings (SSSR count). The molecule has 83 heavy (non-hydrogen) atoms. The molecule has 0 N–H and O–H groups in total. The van der Waals surface area contributed by atoms with E-state index in [4.69, 9.17) is 14.2 Å². The summed E-state index contributed by atoms with van der Waals surface area (Å²) < 4.78 is 17.0. The van der Waals surface area contributed by atoms with E-state index in [1.807, 2.05) is 0 Å². The highest BCUT2D eigenvalue weighted by molar-refractivity contribution is 5.71. The van der Waals surface area contributed by atoms with Crippen molar-refractivity contribution in [3.8, 4) is 0 Å². The number of rotatable bonds is 73. The van der Waals surface area contributed by atoms with Crippen molar-refractivity contribution < 1.29 is 28.6 Å². The van der Waals surface area contributed by atoms with Crippen LogP contribution in [-0.4, -0.2) is 37.2 Å². The Morgan fingerprint density at radius 2 is 0.325 bits per heavy atom. The molecular formula is C77H150O6. The highest BCUT2D eigenvalue weighted by Gasteiger charge is 2.20. The molecule has 0 aliphatic rings. The molecule has 0 aliphatic heterocycles. The van der Waals surface area contributed by atoms with Crippen LogP contribution >= 0.6 is 0 Å². The normalized spacial score (nSPS) is 11.9. The number of ether oxygens (including phenoxy) is 3. The standard InChI is InChI=1S/C77H150O6/c1-4-7-10-13-16-19-22-24-26-28-30-32-34-36-38-39-40-42-43-45-47-49-51-53-55-58-61-64-67-70-76(79)82-73-74(72-81-75(78)69-66-63-60-57-21-18-15-12-9-6-3)83-77(80)71-68-65-62-59-56-54-52-50-48-46-44-41-37-35-33-31-29-27-25-23-20-17-14-11-8-5-2/h74H,4-73H2,1-3H3. The molecule has 0 aliphatic carbocycles. The molecule has 0 bridgehead atoms. The first kappa shape index (κ1) is 81.4. The lowest BCUT2D eigenvalue weighted by Gasteiger charge is -2.18. The second-order valence-electron chi connectivity index (χ2n) is 26.6. The van der Waals surface area contributed by atoms with Crippen LogP contribution in [0.15, 0.2) is 0 Å².